The number of benzene rings is 2. The highest BCUT2D eigenvalue weighted by Crippen LogP contribution is 2.32. The van der Waals surface area contributed by atoms with Crippen LogP contribution < -0.4 is 10.1 Å². The average molecular weight is 502 g/mol. The standard InChI is InChI=1S/C20H22BrClN2O4S/c1-2-28-18-8-5-16(22)13-19(18)29(26,27)24-11-9-14(10-12-24)20(25)23-17-6-3-15(21)4-7-17/h3-8,13-14H,2,9-12H2,1H3,(H,23,25). The van der Waals surface area contributed by atoms with Gasteiger partial charge in [-0.3, -0.25) is 4.79 Å². The highest BCUT2D eigenvalue weighted by atomic mass is 79.9. The molecule has 3 rings (SSSR count). The van der Waals surface area contributed by atoms with Gasteiger partial charge in [-0.05, 0) is 62.2 Å². The minimum atomic E-state index is -3.76. The number of sulfonamides is 1. The molecule has 0 bridgehead atoms. The molecule has 1 aliphatic rings. The first-order chi connectivity index (χ1) is 13.8. The molecule has 1 amide bonds. The summed E-state index contributed by atoms with van der Waals surface area (Å²) in [6.45, 7) is 2.67. The molecule has 29 heavy (non-hydrogen) atoms. The van der Waals surface area contributed by atoms with E-state index in [0.717, 1.165) is 4.47 Å². The van der Waals surface area contributed by atoms with Gasteiger partial charge in [0.1, 0.15) is 10.6 Å². The first-order valence-corrected chi connectivity index (χ1v) is 11.9. The van der Waals surface area contributed by atoms with Crippen LogP contribution >= 0.6 is 27.5 Å². The van der Waals surface area contributed by atoms with Gasteiger partial charge in [-0.1, -0.05) is 27.5 Å². The number of halogens is 2. The van der Waals surface area contributed by atoms with Crippen LogP contribution in [0, 0.1) is 5.92 Å². The van der Waals surface area contributed by atoms with Crippen molar-refractivity contribution in [1.29, 1.82) is 0 Å². The SMILES string of the molecule is CCOc1ccc(Cl)cc1S(=O)(=O)N1CCC(C(=O)Nc2ccc(Br)cc2)CC1. The molecule has 0 aliphatic carbocycles. The molecule has 0 saturated carbocycles. The quantitative estimate of drug-likeness (QED) is 0.630. The summed E-state index contributed by atoms with van der Waals surface area (Å²) in [7, 11) is -3.76. The second kappa shape index (κ2) is 9.47. The number of hydrogen-bond donors (Lipinski definition) is 1. The molecule has 6 nitrogen and oxygen atoms in total. The Labute approximate surface area is 184 Å². The van der Waals surface area contributed by atoms with Crippen molar-refractivity contribution in [2.45, 2.75) is 24.7 Å². The third-order valence-electron chi connectivity index (χ3n) is 4.76. The lowest BCUT2D eigenvalue weighted by molar-refractivity contribution is -0.120. The summed E-state index contributed by atoms with van der Waals surface area (Å²) >= 11 is 9.38. The number of nitrogens with one attached hydrogen (secondary N) is 1. The molecule has 0 unspecified atom stereocenters. The van der Waals surface area contributed by atoms with Gasteiger partial charge in [0.25, 0.3) is 0 Å². The van der Waals surface area contributed by atoms with Crippen LogP contribution in [0.25, 0.3) is 0 Å². The van der Waals surface area contributed by atoms with E-state index < -0.39 is 10.0 Å². The van der Waals surface area contributed by atoms with Crippen LogP contribution in [0.15, 0.2) is 51.8 Å². The Hall–Kier alpha value is -1.61. The molecule has 1 aliphatic heterocycles. The molecule has 2 aromatic carbocycles. The van der Waals surface area contributed by atoms with E-state index in [0.29, 0.717) is 30.2 Å². The van der Waals surface area contributed by atoms with Gasteiger partial charge < -0.3 is 10.1 Å². The van der Waals surface area contributed by atoms with Crippen LogP contribution in [-0.2, 0) is 14.8 Å². The van der Waals surface area contributed by atoms with Gasteiger partial charge in [0.15, 0.2) is 0 Å². The monoisotopic (exact) mass is 500 g/mol. The molecule has 9 heteroatoms. The molecule has 1 heterocycles. The van der Waals surface area contributed by atoms with Crippen molar-refractivity contribution in [3.8, 4) is 5.75 Å². The summed E-state index contributed by atoms with van der Waals surface area (Å²) in [6, 6.07) is 11.9. The number of nitrogens with zero attached hydrogens (tertiary/aromatic N) is 1. The fraction of sp³-hybridized carbons (Fsp3) is 0.350. The molecule has 1 N–H and O–H groups in total. The number of carbonyl (C=O) groups excluding carboxylic acids is 1. The van der Waals surface area contributed by atoms with E-state index in [1.54, 1.807) is 19.1 Å². The smallest absolute Gasteiger partial charge is 0.246 e. The maximum absolute atomic E-state index is 13.1. The van der Waals surface area contributed by atoms with E-state index in [-0.39, 0.29) is 35.6 Å². The predicted molar refractivity (Wildman–Crippen MR) is 117 cm³/mol. The van der Waals surface area contributed by atoms with E-state index >= 15 is 0 Å². The molecule has 0 radical (unpaired) electrons. The van der Waals surface area contributed by atoms with E-state index in [2.05, 4.69) is 21.2 Å². The van der Waals surface area contributed by atoms with E-state index in [1.165, 1.54) is 10.4 Å². The van der Waals surface area contributed by atoms with E-state index in [9.17, 15) is 13.2 Å². The summed E-state index contributed by atoms with van der Waals surface area (Å²) in [5, 5.41) is 3.22. The van der Waals surface area contributed by atoms with Gasteiger partial charge in [-0.25, -0.2) is 8.42 Å². The van der Waals surface area contributed by atoms with Crippen molar-refractivity contribution < 1.29 is 17.9 Å². The maximum Gasteiger partial charge on any atom is 0.246 e. The Kier molecular flexibility index (Phi) is 7.21. The lowest BCUT2D eigenvalue weighted by atomic mass is 9.97. The maximum atomic E-state index is 13.1. The molecule has 0 spiro atoms. The second-order valence-corrected chi connectivity index (χ2v) is 9.96. The van der Waals surface area contributed by atoms with Gasteiger partial charge in [0, 0.05) is 34.2 Å². The Bertz CT molecular complexity index is 974. The lowest BCUT2D eigenvalue weighted by Crippen LogP contribution is -2.41. The third kappa shape index (κ3) is 5.31. The Morgan fingerprint density at radius 2 is 1.86 bits per heavy atom. The van der Waals surface area contributed by atoms with Gasteiger partial charge in [-0.15, -0.1) is 0 Å². The zero-order chi connectivity index (χ0) is 21.0. The molecule has 2 aromatic rings. The first-order valence-electron chi connectivity index (χ1n) is 9.30. The fourth-order valence-electron chi connectivity index (χ4n) is 3.23. The molecule has 0 atom stereocenters. The van der Waals surface area contributed by atoms with Crippen molar-refractivity contribution in [2.75, 3.05) is 25.0 Å². The zero-order valence-corrected chi connectivity index (χ0v) is 19.1. The predicted octanol–water partition coefficient (Wildman–Crippen LogP) is 4.54. The number of anilines is 1. The normalized spacial score (nSPS) is 15.8. The molecule has 1 saturated heterocycles. The van der Waals surface area contributed by atoms with Gasteiger partial charge >= 0.3 is 0 Å². The lowest BCUT2D eigenvalue weighted by Gasteiger charge is -2.31. The van der Waals surface area contributed by atoms with E-state index in [1.807, 2.05) is 24.3 Å². The summed E-state index contributed by atoms with van der Waals surface area (Å²) in [4.78, 5) is 12.6. The number of piperidine rings is 1. The summed E-state index contributed by atoms with van der Waals surface area (Å²) in [5.74, 6) is -0.0510. The Balaban J connectivity index is 1.67. The second-order valence-electron chi connectivity index (χ2n) is 6.70. The summed E-state index contributed by atoms with van der Waals surface area (Å²) in [6.07, 6.45) is 0.901. The number of rotatable bonds is 6. The summed E-state index contributed by atoms with van der Waals surface area (Å²) in [5.41, 5.74) is 0.716. The molecular weight excluding hydrogens is 480 g/mol. The molecule has 156 valence electrons. The van der Waals surface area contributed by atoms with E-state index in [4.69, 9.17) is 16.3 Å². The minimum Gasteiger partial charge on any atom is -0.492 e. The van der Waals surface area contributed by atoms with Crippen molar-refractivity contribution in [3.05, 3.63) is 52.0 Å². The number of carbonyl (C=O) groups is 1. The Morgan fingerprint density at radius 3 is 2.48 bits per heavy atom. The highest BCUT2D eigenvalue weighted by molar-refractivity contribution is 9.10. The largest absolute Gasteiger partial charge is 0.492 e. The van der Waals surface area contributed by atoms with Gasteiger partial charge in [-0.2, -0.15) is 4.31 Å². The number of hydrogen-bond acceptors (Lipinski definition) is 4. The number of amides is 1. The van der Waals surface area contributed by atoms with Crippen LogP contribution in [-0.4, -0.2) is 38.3 Å². The van der Waals surface area contributed by atoms with Gasteiger partial charge in [0.2, 0.25) is 15.9 Å². The van der Waals surface area contributed by atoms with Crippen LogP contribution in [0.1, 0.15) is 19.8 Å². The molecular formula is C20H22BrClN2O4S. The number of ether oxygens (including phenoxy) is 1. The van der Waals surface area contributed by atoms with Crippen molar-refractivity contribution in [3.63, 3.8) is 0 Å². The van der Waals surface area contributed by atoms with Crippen molar-refractivity contribution in [1.82, 2.24) is 4.31 Å². The summed E-state index contributed by atoms with van der Waals surface area (Å²) < 4.78 is 34.0. The van der Waals surface area contributed by atoms with Crippen LogP contribution in [0.2, 0.25) is 5.02 Å². The minimum absolute atomic E-state index is 0.0598. The molecule has 1 fully saturated rings. The Morgan fingerprint density at radius 1 is 1.21 bits per heavy atom. The first kappa shape index (κ1) is 22.1. The van der Waals surface area contributed by atoms with Crippen molar-refractivity contribution >= 4 is 49.1 Å². The van der Waals surface area contributed by atoms with Crippen LogP contribution in [0.3, 0.4) is 0 Å². The van der Waals surface area contributed by atoms with Gasteiger partial charge in [0.05, 0.1) is 6.61 Å². The zero-order valence-electron chi connectivity index (χ0n) is 15.9. The topological polar surface area (TPSA) is 75.7 Å². The highest BCUT2D eigenvalue weighted by Gasteiger charge is 2.34. The van der Waals surface area contributed by atoms with Crippen molar-refractivity contribution in [2.24, 2.45) is 5.92 Å². The van der Waals surface area contributed by atoms with Crippen LogP contribution in [0.5, 0.6) is 5.75 Å². The molecule has 0 aromatic heterocycles. The van der Waals surface area contributed by atoms with Crippen LogP contribution in [0.4, 0.5) is 5.69 Å². The third-order valence-corrected chi connectivity index (χ3v) is 7.44. The fourth-order valence-corrected chi connectivity index (χ4v) is 5.36. The average Bonchev–Trinajstić information content (AvgIpc) is 2.71.